The van der Waals surface area contributed by atoms with Crippen molar-refractivity contribution in [3.8, 4) is 0 Å². The van der Waals surface area contributed by atoms with Gasteiger partial charge in [-0.25, -0.2) is 0 Å². The molecule has 0 aliphatic carbocycles. The van der Waals surface area contributed by atoms with Crippen LogP contribution in [0.25, 0.3) is 0 Å². The lowest BCUT2D eigenvalue weighted by atomic mass is 9.81. The molecule has 3 rings (SSSR count). The number of nitrogens with one attached hydrogen (secondary N) is 1. The molecule has 1 aliphatic heterocycles. The fraction of sp³-hybridized carbons (Fsp3) is 0.333. The van der Waals surface area contributed by atoms with E-state index in [0.29, 0.717) is 6.54 Å². The van der Waals surface area contributed by atoms with Gasteiger partial charge in [-0.2, -0.15) is 0 Å². The highest BCUT2D eigenvalue weighted by atomic mass is 16.2. The average Bonchev–Trinajstić information content (AvgIpc) is 2.83. The number of hydrogen-bond donors (Lipinski definition) is 1. The maximum atomic E-state index is 13.8. The van der Waals surface area contributed by atoms with Crippen molar-refractivity contribution >= 4 is 11.9 Å². The summed E-state index contributed by atoms with van der Waals surface area (Å²) in [5.41, 5.74) is 0.322. The van der Waals surface area contributed by atoms with E-state index in [0.717, 1.165) is 11.1 Å². The molecule has 0 radical (unpaired) electrons. The molecule has 130 valence electrons. The first kappa shape index (κ1) is 17.2. The van der Waals surface area contributed by atoms with Crippen LogP contribution in [0.1, 0.15) is 38.8 Å². The second-order valence-corrected chi connectivity index (χ2v) is 7.32. The Morgan fingerprint density at radius 2 is 1.36 bits per heavy atom. The van der Waals surface area contributed by atoms with Crippen LogP contribution in [0.2, 0.25) is 0 Å². The van der Waals surface area contributed by atoms with Gasteiger partial charge in [-0.1, -0.05) is 60.7 Å². The fourth-order valence-corrected chi connectivity index (χ4v) is 3.75. The van der Waals surface area contributed by atoms with Crippen LogP contribution in [0.15, 0.2) is 60.7 Å². The smallest absolute Gasteiger partial charge is 0.265 e. The lowest BCUT2D eigenvalue weighted by molar-refractivity contribution is -0.134. The van der Waals surface area contributed by atoms with Gasteiger partial charge in [-0.3, -0.25) is 15.1 Å². The zero-order valence-electron chi connectivity index (χ0n) is 15.3. The summed E-state index contributed by atoms with van der Waals surface area (Å²) in [5, 5.41) is 8.73. The third-order valence-corrected chi connectivity index (χ3v) is 4.76. The summed E-state index contributed by atoms with van der Waals surface area (Å²) in [6, 6.07) is 19.6. The topological polar surface area (TPSA) is 47.4 Å². The number of amides is 1. The van der Waals surface area contributed by atoms with Gasteiger partial charge in [0.2, 0.25) is 5.96 Å². The first-order valence-corrected chi connectivity index (χ1v) is 8.67. The van der Waals surface area contributed by atoms with Crippen molar-refractivity contribution in [2.24, 2.45) is 0 Å². The van der Waals surface area contributed by atoms with Crippen molar-refractivity contribution in [3.05, 3.63) is 71.8 Å². The molecule has 1 heterocycles. The predicted molar refractivity (Wildman–Crippen MR) is 100 cm³/mol. The zero-order valence-corrected chi connectivity index (χ0v) is 15.3. The highest BCUT2D eigenvalue weighted by Crippen LogP contribution is 2.44. The third-order valence-electron chi connectivity index (χ3n) is 4.76. The van der Waals surface area contributed by atoms with Gasteiger partial charge in [0.05, 0.1) is 0 Å². The van der Waals surface area contributed by atoms with Crippen LogP contribution in [0, 0.1) is 5.41 Å². The Kier molecular flexibility index (Phi) is 4.15. The Bertz CT molecular complexity index is 738. The average molecular weight is 335 g/mol. The molecule has 0 unspecified atom stereocenters. The summed E-state index contributed by atoms with van der Waals surface area (Å²) in [7, 11) is 0. The molecule has 1 N–H and O–H groups in total. The number of carbonyl (C=O) groups is 1. The first-order chi connectivity index (χ1) is 11.8. The van der Waals surface area contributed by atoms with E-state index in [1.54, 1.807) is 4.90 Å². The number of rotatable bonds is 3. The molecule has 0 saturated carbocycles. The van der Waals surface area contributed by atoms with E-state index in [1.807, 2.05) is 93.3 Å². The van der Waals surface area contributed by atoms with Crippen LogP contribution in [0.5, 0.6) is 0 Å². The maximum absolute atomic E-state index is 13.8. The van der Waals surface area contributed by atoms with E-state index < -0.39 is 11.1 Å². The molecular weight excluding hydrogens is 310 g/mol. The summed E-state index contributed by atoms with van der Waals surface area (Å²) in [5.74, 6) is 0.192. The number of benzene rings is 2. The van der Waals surface area contributed by atoms with E-state index in [2.05, 4.69) is 0 Å². The third kappa shape index (κ3) is 2.44. The van der Waals surface area contributed by atoms with Crippen LogP contribution in [-0.2, 0) is 10.3 Å². The summed E-state index contributed by atoms with van der Waals surface area (Å²) in [4.78, 5) is 17.3. The van der Waals surface area contributed by atoms with Crippen LogP contribution >= 0.6 is 0 Å². The largest absolute Gasteiger partial charge is 0.321 e. The predicted octanol–water partition coefficient (Wildman–Crippen LogP) is 3.83. The van der Waals surface area contributed by atoms with Crippen molar-refractivity contribution in [2.75, 3.05) is 6.54 Å². The molecule has 4 heteroatoms. The highest BCUT2D eigenvalue weighted by Gasteiger charge is 2.59. The summed E-state index contributed by atoms with van der Waals surface area (Å²) in [6.07, 6.45) is 0. The van der Waals surface area contributed by atoms with Crippen LogP contribution in [-0.4, -0.2) is 33.8 Å². The zero-order chi connectivity index (χ0) is 18.2. The summed E-state index contributed by atoms with van der Waals surface area (Å²) < 4.78 is 0. The molecule has 1 amide bonds. The number of guanidine groups is 1. The molecule has 0 aromatic heterocycles. The fourth-order valence-electron chi connectivity index (χ4n) is 3.75. The second-order valence-electron chi connectivity index (χ2n) is 7.32. The standard InChI is InChI=1S/C21H25N3O/c1-5-23-19(22)24(20(2,3)4)18(25)21(23,16-12-8-6-9-13-16)17-14-10-7-11-15-17/h6-15,22H,5H2,1-4H3. The van der Waals surface area contributed by atoms with Crippen LogP contribution < -0.4 is 0 Å². The lowest BCUT2D eigenvalue weighted by Gasteiger charge is -2.36. The van der Waals surface area contributed by atoms with Gasteiger partial charge in [-0.15, -0.1) is 0 Å². The van der Waals surface area contributed by atoms with Crippen molar-refractivity contribution in [3.63, 3.8) is 0 Å². The van der Waals surface area contributed by atoms with Gasteiger partial charge in [0.1, 0.15) is 0 Å². The summed E-state index contributed by atoms with van der Waals surface area (Å²) >= 11 is 0. The van der Waals surface area contributed by atoms with Crippen molar-refractivity contribution in [1.82, 2.24) is 9.80 Å². The van der Waals surface area contributed by atoms with Crippen molar-refractivity contribution < 1.29 is 4.79 Å². The molecule has 0 spiro atoms. The quantitative estimate of drug-likeness (QED) is 0.927. The normalized spacial score (nSPS) is 17.3. The Balaban J connectivity index is 2.34. The minimum atomic E-state index is -0.998. The Morgan fingerprint density at radius 3 is 1.72 bits per heavy atom. The van der Waals surface area contributed by atoms with Gasteiger partial charge in [0.25, 0.3) is 5.91 Å². The molecule has 25 heavy (non-hydrogen) atoms. The minimum absolute atomic E-state index is 0.0655. The summed E-state index contributed by atoms with van der Waals surface area (Å²) in [6.45, 7) is 8.48. The van der Waals surface area contributed by atoms with E-state index in [-0.39, 0.29) is 11.9 Å². The van der Waals surface area contributed by atoms with Crippen molar-refractivity contribution in [2.45, 2.75) is 38.8 Å². The van der Waals surface area contributed by atoms with E-state index in [1.165, 1.54) is 0 Å². The monoisotopic (exact) mass is 335 g/mol. The number of nitrogens with zero attached hydrogens (tertiary/aromatic N) is 2. The molecule has 0 atom stereocenters. The number of hydrogen-bond acceptors (Lipinski definition) is 2. The maximum Gasteiger partial charge on any atom is 0.265 e. The van der Waals surface area contributed by atoms with Gasteiger partial charge < -0.3 is 4.90 Å². The van der Waals surface area contributed by atoms with Crippen LogP contribution in [0.4, 0.5) is 0 Å². The molecule has 1 aliphatic rings. The Morgan fingerprint density at radius 1 is 0.920 bits per heavy atom. The van der Waals surface area contributed by atoms with Crippen molar-refractivity contribution in [1.29, 1.82) is 5.41 Å². The molecule has 4 nitrogen and oxygen atoms in total. The Hall–Kier alpha value is -2.62. The Labute approximate surface area is 149 Å². The SMILES string of the molecule is CCN1C(=N)N(C(C)(C)C)C(=O)C1(c1ccccc1)c1ccccc1. The van der Waals surface area contributed by atoms with Gasteiger partial charge in [-0.05, 0) is 38.8 Å². The van der Waals surface area contributed by atoms with Gasteiger partial charge in [0, 0.05) is 12.1 Å². The molecule has 2 aromatic carbocycles. The second kappa shape index (κ2) is 6.03. The molecule has 2 aromatic rings. The van der Waals surface area contributed by atoms with Gasteiger partial charge >= 0.3 is 0 Å². The van der Waals surface area contributed by atoms with Gasteiger partial charge in [0.15, 0.2) is 5.54 Å². The first-order valence-electron chi connectivity index (χ1n) is 8.67. The number of likely N-dealkylation sites (N-methyl/N-ethyl adjacent to an activating group) is 1. The lowest BCUT2D eigenvalue weighted by Crippen LogP contribution is -2.49. The van der Waals surface area contributed by atoms with E-state index in [9.17, 15) is 4.79 Å². The van der Waals surface area contributed by atoms with E-state index >= 15 is 0 Å². The molecule has 1 saturated heterocycles. The minimum Gasteiger partial charge on any atom is -0.321 e. The molecule has 1 fully saturated rings. The molecular formula is C21H25N3O. The highest BCUT2D eigenvalue weighted by molar-refractivity contribution is 6.11. The number of carbonyl (C=O) groups excluding carboxylic acids is 1. The van der Waals surface area contributed by atoms with Crippen LogP contribution in [0.3, 0.4) is 0 Å². The molecule has 0 bridgehead atoms. The van der Waals surface area contributed by atoms with E-state index in [4.69, 9.17) is 5.41 Å².